The molecule has 4 aliphatic rings. The first-order chi connectivity index (χ1) is 16.4. The topological polar surface area (TPSA) is 93.1 Å². The van der Waals surface area contributed by atoms with Gasteiger partial charge in [-0.05, 0) is 68.8 Å². The van der Waals surface area contributed by atoms with E-state index in [9.17, 15) is 14.4 Å². The van der Waals surface area contributed by atoms with E-state index < -0.39 is 11.9 Å². The monoisotopic (exact) mass is 476 g/mol. The second kappa shape index (κ2) is 8.05. The van der Waals surface area contributed by atoms with Crippen LogP contribution in [0.4, 0.5) is 4.79 Å². The van der Waals surface area contributed by atoms with Crippen LogP contribution >= 0.6 is 11.3 Å². The Morgan fingerprint density at radius 1 is 1.09 bits per heavy atom. The lowest BCUT2D eigenvalue weighted by atomic mass is 9.53. The molecule has 4 bridgehead atoms. The summed E-state index contributed by atoms with van der Waals surface area (Å²) in [5.74, 6) is 1.59. The van der Waals surface area contributed by atoms with Crippen LogP contribution in [0.3, 0.4) is 0 Å². The minimum atomic E-state index is -0.516. The molecule has 3 amide bonds. The number of thiophene rings is 1. The van der Waals surface area contributed by atoms with E-state index in [0.717, 1.165) is 36.0 Å². The number of fused-ring (bicyclic) bond motifs is 1. The summed E-state index contributed by atoms with van der Waals surface area (Å²) in [6, 6.07) is 7.52. The van der Waals surface area contributed by atoms with E-state index in [1.54, 1.807) is 0 Å². The predicted molar refractivity (Wildman–Crippen MR) is 132 cm³/mol. The Hall–Kier alpha value is -3.00. The number of benzene rings is 1. The van der Waals surface area contributed by atoms with Gasteiger partial charge in [-0.1, -0.05) is 29.8 Å². The number of nitrogens with zero attached hydrogens (tertiary/aromatic N) is 2. The quantitative estimate of drug-likeness (QED) is 0.589. The third kappa shape index (κ3) is 3.83. The minimum Gasteiger partial charge on any atom is -0.332 e. The van der Waals surface area contributed by atoms with E-state index in [4.69, 9.17) is 0 Å². The Morgan fingerprint density at radius 3 is 2.38 bits per heavy atom. The molecule has 0 radical (unpaired) electrons. The van der Waals surface area contributed by atoms with Gasteiger partial charge in [0.05, 0.1) is 11.7 Å². The summed E-state index contributed by atoms with van der Waals surface area (Å²) in [5, 5.41) is 8.02. The van der Waals surface area contributed by atoms with Crippen molar-refractivity contribution in [2.75, 3.05) is 0 Å². The highest BCUT2D eigenvalue weighted by atomic mass is 32.1. The van der Waals surface area contributed by atoms with Gasteiger partial charge in [-0.2, -0.15) is 0 Å². The number of hydrogen-bond donors (Lipinski definition) is 2. The summed E-state index contributed by atoms with van der Waals surface area (Å²) in [7, 11) is 0. The van der Waals surface area contributed by atoms with Crippen LogP contribution in [0, 0.1) is 24.7 Å². The molecule has 2 aromatic heterocycles. The van der Waals surface area contributed by atoms with Gasteiger partial charge in [-0.25, -0.2) is 9.78 Å². The number of rotatable bonds is 4. The summed E-state index contributed by atoms with van der Waals surface area (Å²) in [5.41, 5.74) is 2.44. The van der Waals surface area contributed by atoms with Gasteiger partial charge in [0, 0.05) is 16.5 Å². The van der Waals surface area contributed by atoms with Crippen LogP contribution in [-0.4, -0.2) is 27.0 Å². The molecule has 0 unspecified atom stereocenters. The van der Waals surface area contributed by atoms with Gasteiger partial charge in [-0.15, -0.1) is 11.3 Å². The second-order valence-electron chi connectivity index (χ2n) is 10.6. The molecule has 7 rings (SSSR count). The number of carbonyl (C=O) groups excluding carboxylic acids is 2. The Balaban J connectivity index is 1.17. The lowest BCUT2D eigenvalue weighted by Crippen LogP contribution is -2.62. The molecule has 1 aromatic carbocycles. The highest BCUT2D eigenvalue weighted by molar-refractivity contribution is 7.17. The van der Waals surface area contributed by atoms with Crippen molar-refractivity contribution in [3.8, 4) is 11.1 Å². The first-order valence-corrected chi connectivity index (χ1v) is 12.9. The number of hydrogen-bond acceptors (Lipinski definition) is 5. The van der Waals surface area contributed by atoms with Crippen LogP contribution in [0.1, 0.15) is 44.1 Å². The van der Waals surface area contributed by atoms with Gasteiger partial charge in [0.2, 0.25) is 5.91 Å². The third-order valence-corrected chi connectivity index (χ3v) is 8.79. The Labute approximate surface area is 201 Å². The fraction of sp³-hybridized carbons (Fsp3) is 0.462. The molecule has 2 heterocycles. The second-order valence-corrected chi connectivity index (χ2v) is 11.4. The summed E-state index contributed by atoms with van der Waals surface area (Å²) < 4.78 is 1.28. The van der Waals surface area contributed by atoms with Gasteiger partial charge < -0.3 is 5.32 Å². The molecule has 4 saturated carbocycles. The number of nitrogens with one attached hydrogen (secondary N) is 2. The average molecular weight is 477 g/mol. The molecule has 2 N–H and O–H groups in total. The molecule has 176 valence electrons. The van der Waals surface area contributed by atoms with Crippen molar-refractivity contribution >= 4 is 33.5 Å². The van der Waals surface area contributed by atoms with Crippen LogP contribution < -0.4 is 16.2 Å². The molecule has 0 aliphatic heterocycles. The van der Waals surface area contributed by atoms with E-state index in [1.807, 2.05) is 36.6 Å². The molecule has 34 heavy (non-hydrogen) atoms. The maximum absolute atomic E-state index is 13.2. The third-order valence-electron chi connectivity index (χ3n) is 7.91. The van der Waals surface area contributed by atoms with Crippen molar-refractivity contribution in [1.29, 1.82) is 0 Å². The van der Waals surface area contributed by atoms with Gasteiger partial charge >= 0.3 is 6.03 Å². The summed E-state index contributed by atoms with van der Waals surface area (Å²) >= 11 is 1.41. The van der Waals surface area contributed by atoms with Gasteiger partial charge in [0.1, 0.15) is 11.4 Å². The number of imide groups is 1. The fourth-order valence-electron chi connectivity index (χ4n) is 6.88. The lowest BCUT2D eigenvalue weighted by Gasteiger charge is -2.56. The summed E-state index contributed by atoms with van der Waals surface area (Å²) in [6.45, 7) is 1.77. The van der Waals surface area contributed by atoms with Crippen molar-refractivity contribution in [1.82, 2.24) is 20.2 Å². The zero-order valence-corrected chi connectivity index (χ0v) is 20.0. The first kappa shape index (κ1) is 21.5. The van der Waals surface area contributed by atoms with Crippen LogP contribution in [0.25, 0.3) is 21.3 Å². The zero-order valence-electron chi connectivity index (χ0n) is 19.2. The highest BCUT2D eigenvalue weighted by Gasteiger charge is 2.51. The van der Waals surface area contributed by atoms with E-state index in [0.29, 0.717) is 28.0 Å². The van der Waals surface area contributed by atoms with Crippen LogP contribution in [0.2, 0.25) is 0 Å². The molecule has 0 saturated heterocycles. The fourth-order valence-corrected chi connectivity index (χ4v) is 7.79. The number of aromatic nitrogens is 2. The molecule has 0 atom stereocenters. The SMILES string of the molecule is Cc1ccc(-c2csc3ncn(CC(=O)NC(=O)NC45CC6CC(CC(C6)C4)C5)c(=O)c23)cc1. The molecule has 4 fully saturated rings. The van der Waals surface area contributed by atoms with E-state index in [1.165, 1.54) is 41.5 Å². The van der Waals surface area contributed by atoms with Gasteiger partial charge in [0.25, 0.3) is 5.56 Å². The molecular formula is C26H28N4O3S. The molecular weight excluding hydrogens is 448 g/mol. The van der Waals surface area contributed by atoms with Crippen molar-refractivity contribution in [3.63, 3.8) is 0 Å². The van der Waals surface area contributed by atoms with Crippen molar-refractivity contribution in [2.24, 2.45) is 17.8 Å². The van der Waals surface area contributed by atoms with Crippen LogP contribution in [0.5, 0.6) is 0 Å². The standard InChI is InChI=1S/C26H28N4O3S/c1-15-2-4-19(5-3-15)20-13-34-23-22(20)24(32)30(14-27-23)12-21(31)28-25(33)29-26-9-16-6-17(10-26)8-18(7-16)11-26/h2-5,13-14,16-18H,6-12H2,1H3,(H2,28,29,31,33). The van der Waals surface area contributed by atoms with Crippen molar-refractivity contribution in [2.45, 2.75) is 57.5 Å². The molecule has 7 nitrogen and oxygen atoms in total. The van der Waals surface area contributed by atoms with Crippen molar-refractivity contribution in [3.05, 3.63) is 51.9 Å². The Morgan fingerprint density at radius 2 is 1.74 bits per heavy atom. The largest absolute Gasteiger partial charge is 0.332 e. The number of aryl methyl sites for hydroxylation is 1. The molecule has 8 heteroatoms. The van der Waals surface area contributed by atoms with Crippen LogP contribution in [-0.2, 0) is 11.3 Å². The molecule has 3 aromatic rings. The Kier molecular flexibility index (Phi) is 5.09. The van der Waals surface area contributed by atoms with E-state index in [-0.39, 0.29) is 17.6 Å². The lowest BCUT2D eigenvalue weighted by molar-refractivity contribution is -0.120. The summed E-state index contributed by atoms with van der Waals surface area (Å²) in [4.78, 5) is 43.6. The minimum absolute atomic E-state index is 0.171. The number of urea groups is 1. The normalized spacial score (nSPS) is 27.1. The number of amides is 3. The van der Waals surface area contributed by atoms with Crippen LogP contribution in [0.15, 0.2) is 40.8 Å². The maximum atomic E-state index is 13.2. The van der Waals surface area contributed by atoms with Gasteiger partial charge in [0.15, 0.2) is 0 Å². The Bertz CT molecular complexity index is 1310. The zero-order chi connectivity index (χ0) is 23.4. The van der Waals surface area contributed by atoms with Crippen molar-refractivity contribution < 1.29 is 9.59 Å². The first-order valence-electron chi connectivity index (χ1n) is 12.0. The van der Waals surface area contributed by atoms with E-state index >= 15 is 0 Å². The average Bonchev–Trinajstić information content (AvgIpc) is 3.19. The predicted octanol–water partition coefficient (Wildman–Crippen LogP) is 4.23. The smallest absolute Gasteiger partial charge is 0.321 e. The number of carbonyl (C=O) groups is 2. The van der Waals surface area contributed by atoms with Gasteiger partial charge in [-0.3, -0.25) is 19.5 Å². The maximum Gasteiger partial charge on any atom is 0.321 e. The molecule has 0 spiro atoms. The van der Waals surface area contributed by atoms with E-state index in [2.05, 4.69) is 15.6 Å². The highest BCUT2D eigenvalue weighted by Crippen LogP contribution is 2.55. The summed E-state index contributed by atoms with van der Waals surface area (Å²) in [6.07, 6.45) is 8.28. The molecule has 4 aliphatic carbocycles.